The lowest BCUT2D eigenvalue weighted by atomic mass is 10.2. The Labute approximate surface area is 182 Å². The molecule has 0 spiro atoms. The Morgan fingerprint density at radius 3 is 2.77 bits per heavy atom. The van der Waals surface area contributed by atoms with Crippen LogP contribution in [0.15, 0.2) is 67.1 Å². The number of hydrogen-bond donors (Lipinski definition) is 1. The SMILES string of the molecule is Cc1nc(-c2cccc(Cl)c2)sc1C(=O)Nc1ncccc1OCc1ccncc1. The smallest absolute Gasteiger partial charge is 0.268 e. The summed E-state index contributed by atoms with van der Waals surface area (Å²) in [5.41, 5.74) is 2.48. The Bertz CT molecular complexity index is 1180. The van der Waals surface area contributed by atoms with E-state index in [0.29, 0.717) is 33.8 Å². The van der Waals surface area contributed by atoms with E-state index < -0.39 is 0 Å². The van der Waals surface area contributed by atoms with E-state index in [1.54, 1.807) is 43.7 Å². The van der Waals surface area contributed by atoms with Gasteiger partial charge in [0.2, 0.25) is 0 Å². The molecule has 0 radical (unpaired) electrons. The number of ether oxygens (including phenoxy) is 1. The minimum Gasteiger partial charge on any atom is -0.485 e. The van der Waals surface area contributed by atoms with Crippen molar-refractivity contribution in [2.45, 2.75) is 13.5 Å². The summed E-state index contributed by atoms with van der Waals surface area (Å²) in [6.45, 7) is 2.15. The van der Waals surface area contributed by atoms with Crippen LogP contribution >= 0.6 is 22.9 Å². The molecular weight excluding hydrogens is 420 g/mol. The Morgan fingerprint density at radius 2 is 1.97 bits per heavy atom. The molecule has 0 saturated heterocycles. The first-order valence-electron chi connectivity index (χ1n) is 9.11. The van der Waals surface area contributed by atoms with Crippen LogP contribution in [0.2, 0.25) is 5.02 Å². The third-order valence-electron chi connectivity index (χ3n) is 4.22. The van der Waals surface area contributed by atoms with Crippen molar-refractivity contribution in [2.75, 3.05) is 5.32 Å². The van der Waals surface area contributed by atoms with E-state index in [9.17, 15) is 4.79 Å². The average molecular weight is 437 g/mol. The number of aromatic nitrogens is 3. The molecule has 30 heavy (non-hydrogen) atoms. The first-order chi connectivity index (χ1) is 14.6. The molecule has 150 valence electrons. The Morgan fingerprint density at radius 1 is 1.13 bits per heavy atom. The molecule has 1 aromatic carbocycles. The van der Waals surface area contributed by atoms with Crippen molar-refractivity contribution in [3.05, 3.63) is 88.3 Å². The number of thiazole rings is 1. The number of hydrogen-bond acceptors (Lipinski definition) is 6. The summed E-state index contributed by atoms with van der Waals surface area (Å²) >= 11 is 7.38. The Balaban J connectivity index is 1.52. The van der Waals surface area contributed by atoms with Gasteiger partial charge in [0.15, 0.2) is 11.6 Å². The van der Waals surface area contributed by atoms with Crippen molar-refractivity contribution in [1.29, 1.82) is 0 Å². The summed E-state index contributed by atoms with van der Waals surface area (Å²) in [6, 6.07) is 14.6. The molecule has 0 aliphatic rings. The highest BCUT2D eigenvalue weighted by atomic mass is 35.5. The molecule has 1 amide bonds. The Hall–Kier alpha value is -3.29. The van der Waals surface area contributed by atoms with Gasteiger partial charge in [0, 0.05) is 29.2 Å². The van der Waals surface area contributed by atoms with Crippen molar-refractivity contribution >= 4 is 34.7 Å². The number of anilines is 1. The largest absolute Gasteiger partial charge is 0.485 e. The summed E-state index contributed by atoms with van der Waals surface area (Å²) < 4.78 is 5.85. The lowest BCUT2D eigenvalue weighted by molar-refractivity contribution is 0.102. The van der Waals surface area contributed by atoms with Crippen LogP contribution in [0.5, 0.6) is 5.75 Å². The molecule has 3 heterocycles. The minimum atomic E-state index is -0.286. The predicted molar refractivity (Wildman–Crippen MR) is 118 cm³/mol. The molecule has 0 aliphatic heterocycles. The number of amides is 1. The fourth-order valence-corrected chi connectivity index (χ4v) is 3.91. The number of carbonyl (C=O) groups is 1. The number of rotatable bonds is 6. The van der Waals surface area contributed by atoms with Crippen LogP contribution < -0.4 is 10.1 Å². The molecule has 0 unspecified atom stereocenters. The van der Waals surface area contributed by atoms with Crippen molar-refractivity contribution in [1.82, 2.24) is 15.0 Å². The van der Waals surface area contributed by atoms with Gasteiger partial charge in [0.1, 0.15) is 16.5 Å². The molecule has 0 fully saturated rings. The normalized spacial score (nSPS) is 10.6. The summed E-state index contributed by atoms with van der Waals surface area (Å²) in [6.07, 6.45) is 5.01. The van der Waals surface area contributed by atoms with Crippen LogP contribution in [0.4, 0.5) is 5.82 Å². The van der Waals surface area contributed by atoms with Crippen molar-refractivity contribution in [3.8, 4) is 16.3 Å². The maximum Gasteiger partial charge on any atom is 0.268 e. The lowest BCUT2D eigenvalue weighted by Gasteiger charge is -2.11. The van der Waals surface area contributed by atoms with E-state index in [-0.39, 0.29) is 5.91 Å². The molecule has 0 aliphatic carbocycles. The number of nitrogens with zero attached hydrogens (tertiary/aromatic N) is 3. The van der Waals surface area contributed by atoms with Crippen LogP contribution in [0.3, 0.4) is 0 Å². The maximum absolute atomic E-state index is 12.9. The van der Waals surface area contributed by atoms with Gasteiger partial charge < -0.3 is 10.1 Å². The number of carbonyl (C=O) groups excluding carboxylic acids is 1. The number of aryl methyl sites for hydroxylation is 1. The van der Waals surface area contributed by atoms with E-state index in [4.69, 9.17) is 16.3 Å². The van der Waals surface area contributed by atoms with Gasteiger partial charge >= 0.3 is 0 Å². The number of nitrogens with one attached hydrogen (secondary N) is 1. The summed E-state index contributed by atoms with van der Waals surface area (Å²) in [5.74, 6) is 0.555. The van der Waals surface area contributed by atoms with Gasteiger partial charge in [0.25, 0.3) is 5.91 Å². The molecule has 4 aromatic rings. The first-order valence-corrected chi connectivity index (χ1v) is 10.3. The third-order valence-corrected chi connectivity index (χ3v) is 5.66. The molecule has 4 rings (SSSR count). The van der Waals surface area contributed by atoms with E-state index in [1.165, 1.54) is 11.3 Å². The summed E-state index contributed by atoms with van der Waals surface area (Å²) in [4.78, 5) is 26.2. The lowest BCUT2D eigenvalue weighted by Crippen LogP contribution is -2.13. The highest BCUT2D eigenvalue weighted by Gasteiger charge is 2.18. The van der Waals surface area contributed by atoms with Crippen LogP contribution in [-0.4, -0.2) is 20.9 Å². The number of benzene rings is 1. The van der Waals surface area contributed by atoms with Gasteiger partial charge in [0.05, 0.1) is 5.69 Å². The summed E-state index contributed by atoms with van der Waals surface area (Å²) in [5, 5.41) is 4.19. The number of pyridine rings is 2. The zero-order chi connectivity index (χ0) is 20.9. The van der Waals surface area contributed by atoms with E-state index in [1.807, 2.05) is 30.3 Å². The van der Waals surface area contributed by atoms with Crippen LogP contribution in [0.25, 0.3) is 10.6 Å². The summed E-state index contributed by atoms with van der Waals surface area (Å²) in [7, 11) is 0. The van der Waals surface area contributed by atoms with Gasteiger partial charge in [-0.2, -0.15) is 0 Å². The molecule has 1 N–H and O–H groups in total. The van der Waals surface area contributed by atoms with Gasteiger partial charge in [-0.15, -0.1) is 11.3 Å². The molecule has 0 saturated carbocycles. The molecule has 3 aromatic heterocycles. The topological polar surface area (TPSA) is 77.0 Å². The fraction of sp³-hybridized carbons (Fsp3) is 0.0909. The Kier molecular flexibility index (Phi) is 6.02. The zero-order valence-electron chi connectivity index (χ0n) is 16.0. The second-order valence-corrected chi connectivity index (χ2v) is 7.83. The van der Waals surface area contributed by atoms with Crippen LogP contribution in [0.1, 0.15) is 20.9 Å². The monoisotopic (exact) mass is 436 g/mol. The molecule has 0 atom stereocenters. The minimum absolute atomic E-state index is 0.286. The van der Waals surface area contributed by atoms with Crippen molar-refractivity contribution < 1.29 is 9.53 Å². The van der Waals surface area contributed by atoms with E-state index >= 15 is 0 Å². The second kappa shape index (κ2) is 9.02. The molecular formula is C22H17ClN4O2S. The molecule has 0 bridgehead atoms. The van der Waals surface area contributed by atoms with Gasteiger partial charge in [-0.25, -0.2) is 9.97 Å². The van der Waals surface area contributed by atoms with Crippen LogP contribution in [-0.2, 0) is 6.61 Å². The van der Waals surface area contributed by atoms with Crippen LogP contribution in [0, 0.1) is 6.92 Å². The van der Waals surface area contributed by atoms with Crippen molar-refractivity contribution in [2.24, 2.45) is 0 Å². The number of halogens is 1. The predicted octanol–water partition coefficient (Wildman–Crippen LogP) is 5.39. The zero-order valence-corrected chi connectivity index (χ0v) is 17.6. The standard InChI is InChI=1S/C22H17ClN4O2S/c1-14-19(30-22(26-14)16-4-2-5-17(23)12-16)21(28)27-20-18(6-3-9-25-20)29-13-15-7-10-24-11-8-15/h2-12H,13H2,1H3,(H,25,27,28). The van der Waals surface area contributed by atoms with E-state index in [0.717, 1.165) is 16.1 Å². The maximum atomic E-state index is 12.9. The average Bonchev–Trinajstić information content (AvgIpc) is 3.16. The first kappa shape index (κ1) is 20.0. The second-order valence-electron chi connectivity index (χ2n) is 6.39. The highest BCUT2D eigenvalue weighted by Crippen LogP contribution is 2.31. The van der Waals surface area contributed by atoms with E-state index in [2.05, 4.69) is 20.3 Å². The van der Waals surface area contributed by atoms with Gasteiger partial charge in [-0.1, -0.05) is 23.7 Å². The fourth-order valence-electron chi connectivity index (χ4n) is 2.76. The molecule has 6 nitrogen and oxygen atoms in total. The van der Waals surface area contributed by atoms with Crippen molar-refractivity contribution in [3.63, 3.8) is 0 Å². The highest BCUT2D eigenvalue weighted by molar-refractivity contribution is 7.17. The van der Waals surface area contributed by atoms with Gasteiger partial charge in [-0.3, -0.25) is 9.78 Å². The molecule has 8 heteroatoms. The quantitative estimate of drug-likeness (QED) is 0.438. The third kappa shape index (κ3) is 4.64. The van der Waals surface area contributed by atoms with Gasteiger partial charge in [-0.05, 0) is 48.9 Å².